The van der Waals surface area contributed by atoms with E-state index in [1.807, 2.05) is 52.9 Å². The van der Waals surface area contributed by atoms with E-state index in [2.05, 4.69) is 20.7 Å². The van der Waals surface area contributed by atoms with E-state index in [0.717, 1.165) is 9.13 Å². The van der Waals surface area contributed by atoms with E-state index in [4.69, 9.17) is 4.74 Å². The van der Waals surface area contributed by atoms with Crippen molar-refractivity contribution in [2.75, 3.05) is 0 Å². The molecule has 21 heavy (non-hydrogen) atoms. The van der Waals surface area contributed by atoms with Crippen LogP contribution in [0.2, 0.25) is 0 Å². The molecule has 0 saturated carbocycles. The summed E-state index contributed by atoms with van der Waals surface area (Å²) in [5.41, 5.74) is 0.855. The van der Waals surface area contributed by atoms with Gasteiger partial charge < -0.3 is 9.47 Å². The summed E-state index contributed by atoms with van der Waals surface area (Å²) in [6.45, 7) is 0.159. The number of ether oxygens (including phenoxy) is 2. The Morgan fingerprint density at radius 3 is 2.33 bits per heavy atom. The van der Waals surface area contributed by atoms with Crippen LogP contribution in [0.15, 0.2) is 46.9 Å². The zero-order chi connectivity index (χ0) is 15.5. The molecule has 0 saturated heterocycles. The predicted octanol–water partition coefficient (Wildman–Crippen LogP) is 5.53. The van der Waals surface area contributed by atoms with Crippen molar-refractivity contribution in [2.45, 2.75) is 13.0 Å². The highest BCUT2D eigenvalue weighted by Gasteiger charge is 2.32. The number of hydrogen-bond acceptors (Lipinski definition) is 2. The molecule has 112 valence electrons. The summed E-state index contributed by atoms with van der Waals surface area (Å²) in [5.74, 6) is -0.325. The Labute approximate surface area is 141 Å². The van der Waals surface area contributed by atoms with Gasteiger partial charge in [-0.1, -0.05) is 30.3 Å². The summed E-state index contributed by atoms with van der Waals surface area (Å²) in [6.07, 6.45) is -4.77. The molecular formula is C14H9BrF3IO2. The van der Waals surface area contributed by atoms with Gasteiger partial charge in [0.05, 0.1) is 0 Å². The van der Waals surface area contributed by atoms with Crippen LogP contribution < -0.4 is 9.47 Å². The van der Waals surface area contributed by atoms with Gasteiger partial charge in [-0.25, -0.2) is 0 Å². The van der Waals surface area contributed by atoms with Gasteiger partial charge in [0.2, 0.25) is 0 Å². The Morgan fingerprint density at radius 2 is 1.71 bits per heavy atom. The standard InChI is InChI=1S/C14H9BrF3IO2/c15-10-6-13(21-14(16,17)18)12(7-11(10)19)20-8-9-4-2-1-3-5-9/h1-7H,8H2. The Kier molecular flexibility index (Phi) is 5.37. The Hall–Kier alpha value is -0.960. The number of rotatable bonds is 4. The second-order valence-corrected chi connectivity index (χ2v) is 6.05. The lowest BCUT2D eigenvalue weighted by atomic mass is 10.2. The minimum atomic E-state index is -4.77. The SMILES string of the molecule is FC(F)(F)Oc1cc(Br)c(I)cc1OCc1ccccc1. The van der Waals surface area contributed by atoms with Crippen molar-refractivity contribution in [1.29, 1.82) is 0 Å². The van der Waals surface area contributed by atoms with Crippen molar-refractivity contribution >= 4 is 38.5 Å². The third-order valence-corrected chi connectivity index (χ3v) is 4.74. The van der Waals surface area contributed by atoms with Crippen molar-refractivity contribution in [3.63, 3.8) is 0 Å². The molecule has 0 radical (unpaired) electrons. The van der Waals surface area contributed by atoms with Crippen molar-refractivity contribution in [1.82, 2.24) is 0 Å². The first-order valence-electron chi connectivity index (χ1n) is 5.76. The highest BCUT2D eigenvalue weighted by molar-refractivity contribution is 14.1. The molecule has 0 atom stereocenters. The molecule has 2 aromatic rings. The van der Waals surface area contributed by atoms with E-state index in [0.29, 0.717) is 4.47 Å². The predicted molar refractivity (Wildman–Crippen MR) is 84.3 cm³/mol. The van der Waals surface area contributed by atoms with Crippen LogP contribution in [-0.4, -0.2) is 6.36 Å². The summed E-state index contributed by atoms with van der Waals surface area (Å²) in [6, 6.07) is 11.9. The van der Waals surface area contributed by atoms with Crippen LogP contribution in [0.1, 0.15) is 5.56 Å². The average molecular weight is 473 g/mol. The first-order chi connectivity index (χ1) is 9.85. The van der Waals surface area contributed by atoms with Gasteiger partial charge in [-0.2, -0.15) is 0 Å². The first-order valence-corrected chi connectivity index (χ1v) is 7.64. The number of alkyl halides is 3. The van der Waals surface area contributed by atoms with Crippen LogP contribution in [0.5, 0.6) is 11.5 Å². The molecule has 0 amide bonds. The molecule has 0 fully saturated rings. The maximum Gasteiger partial charge on any atom is 0.573 e. The minimum Gasteiger partial charge on any atom is -0.485 e. The summed E-state index contributed by atoms with van der Waals surface area (Å²) in [5, 5.41) is 0. The van der Waals surface area contributed by atoms with Crippen molar-refractivity contribution in [2.24, 2.45) is 0 Å². The third kappa shape index (κ3) is 5.06. The van der Waals surface area contributed by atoms with Gasteiger partial charge in [-0.15, -0.1) is 13.2 Å². The van der Waals surface area contributed by atoms with E-state index in [9.17, 15) is 13.2 Å². The lowest BCUT2D eigenvalue weighted by Gasteiger charge is -2.15. The van der Waals surface area contributed by atoms with Crippen molar-refractivity contribution < 1.29 is 22.6 Å². The lowest BCUT2D eigenvalue weighted by molar-refractivity contribution is -0.275. The quantitative estimate of drug-likeness (QED) is 0.544. The van der Waals surface area contributed by atoms with Crippen LogP contribution >= 0.6 is 38.5 Å². The second-order valence-electron chi connectivity index (χ2n) is 4.04. The smallest absolute Gasteiger partial charge is 0.485 e. The number of hydrogen-bond donors (Lipinski definition) is 0. The van der Waals surface area contributed by atoms with E-state index in [1.54, 1.807) is 0 Å². The van der Waals surface area contributed by atoms with E-state index < -0.39 is 6.36 Å². The molecule has 0 N–H and O–H groups in total. The summed E-state index contributed by atoms with van der Waals surface area (Å²) >= 11 is 5.17. The topological polar surface area (TPSA) is 18.5 Å². The summed E-state index contributed by atoms with van der Waals surface area (Å²) in [4.78, 5) is 0. The second kappa shape index (κ2) is 6.87. The van der Waals surface area contributed by atoms with E-state index in [1.165, 1.54) is 12.1 Å². The number of halogens is 5. The largest absolute Gasteiger partial charge is 0.573 e. The van der Waals surface area contributed by atoms with Gasteiger partial charge in [0.15, 0.2) is 11.5 Å². The van der Waals surface area contributed by atoms with Crippen molar-refractivity contribution in [3.05, 3.63) is 56.1 Å². The molecule has 2 aromatic carbocycles. The van der Waals surface area contributed by atoms with Crippen LogP contribution in [0, 0.1) is 3.57 Å². The normalized spacial score (nSPS) is 11.3. The molecule has 0 aliphatic carbocycles. The molecule has 0 unspecified atom stereocenters. The minimum absolute atomic E-state index is 0.0452. The van der Waals surface area contributed by atoms with Gasteiger partial charge in [-0.3, -0.25) is 0 Å². The number of benzene rings is 2. The molecule has 0 aliphatic heterocycles. The molecule has 0 aromatic heterocycles. The molecule has 2 nitrogen and oxygen atoms in total. The summed E-state index contributed by atoms with van der Waals surface area (Å²) < 4.78 is 48.0. The zero-order valence-corrected chi connectivity index (χ0v) is 14.2. The highest BCUT2D eigenvalue weighted by Crippen LogP contribution is 2.37. The van der Waals surface area contributed by atoms with E-state index >= 15 is 0 Å². The zero-order valence-electron chi connectivity index (χ0n) is 10.5. The summed E-state index contributed by atoms with van der Waals surface area (Å²) in [7, 11) is 0. The lowest BCUT2D eigenvalue weighted by Crippen LogP contribution is -2.18. The van der Waals surface area contributed by atoms with E-state index in [-0.39, 0.29) is 18.1 Å². The van der Waals surface area contributed by atoms with Gasteiger partial charge in [-0.05, 0) is 56.2 Å². The Balaban J connectivity index is 2.22. The van der Waals surface area contributed by atoms with Gasteiger partial charge in [0.25, 0.3) is 0 Å². The fourth-order valence-electron chi connectivity index (χ4n) is 1.56. The van der Waals surface area contributed by atoms with Crippen LogP contribution in [0.4, 0.5) is 13.2 Å². The Morgan fingerprint density at radius 1 is 1.05 bits per heavy atom. The van der Waals surface area contributed by atoms with Gasteiger partial charge in [0.1, 0.15) is 6.61 Å². The first kappa shape index (κ1) is 16.4. The maximum atomic E-state index is 12.4. The molecule has 2 rings (SSSR count). The van der Waals surface area contributed by atoms with Crippen LogP contribution in [-0.2, 0) is 6.61 Å². The van der Waals surface area contributed by atoms with Crippen LogP contribution in [0.3, 0.4) is 0 Å². The highest BCUT2D eigenvalue weighted by atomic mass is 127. The molecule has 0 heterocycles. The average Bonchev–Trinajstić information content (AvgIpc) is 2.40. The third-order valence-electron chi connectivity index (χ3n) is 2.45. The molecule has 0 aliphatic rings. The Bertz CT molecular complexity index is 618. The molecule has 0 spiro atoms. The van der Waals surface area contributed by atoms with Crippen LogP contribution in [0.25, 0.3) is 0 Å². The molecule has 0 bridgehead atoms. The van der Waals surface area contributed by atoms with Gasteiger partial charge >= 0.3 is 6.36 Å². The van der Waals surface area contributed by atoms with Gasteiger partial charge in [0, 0.05) is 8.04 Å². The fraction of sp³-hybridized carbons (Fsp3) is 0.143. The molecule has 7 heteroatoms. The molecular weight excluding hydrogens is 464 g/mol. The monoisotopic (exact) mass is 472 g/mol. The van der Waals surface area contributed by atoms with Crippen molar-refractivity contribution in [3.8, 4) is 11.5 Å². The fourth-order valence-corrected chi connectivity index (χ4v) is 2.32. The maximum absolute atomic E-state index is 12.4.